The van der Waals surface area contributed by atoms with Gasteiger partial charge in [-0.25, -0.2) is 0 Å². The topological polar surface area (TPSA) is 75.7 Å². The Kier molecular flexibility index (Phi) is 6.54. The summed E-state index contributed by atoms with van der Waals surface area (Å²) >= 11 is 6.03. The summed E-state index contributed by atoms with van der Waals surface area (Å²) in [7, 11) is 0. The van der Waals surface area contributed by atoms with Crippen molar-refractivity contribution in [1.29, 1.82) is 0 Å². The molecule has 3 rings (SSSR count). The zero-order valence-electron chi connectivity index (χ0n) is 16.4. The number of para-hydroxylation sites is 1. The Morgan fingerprint density at radius 3 is 2.55 bits per heavy atom. The Hall–Kier alpha value is -2.86. The summed E-state index contributed by atoms with van der Waals surface area (Å²) in [4.78, 5) is 38.7. The minimum atomic E-state index is -1.01. The highest BCUT2D eigenvalue weighted by Gasteiger charge is 2.37. The molecule has 0 unspecified atom stereocenters. The molecular formula is C22H23ClN2O4. The van der Waals surface area contributed by atoms with E-state index in [1.165, 1.54) is 12.5 Å². The van der Waals surface area contributed by atoms with E-state index >= 15 is 0 Å². The zero-order valence-corrected chi connectivity index (χ0v) is 17.1. The normalized spacial score (nSPS) is 17.1. The third-order valence-corrected chi connectivity index (χ3v) is 5.24. The predicted octanol–water partition coefficient (Wildman–Crippen LogP) is 3.83. The van der Waals surface area contributed by atoms with Gasteiger partial charge in [0, 0.05) is 18.7 Å². The Morgan fingerprint density at radius 1 is 1.21 bits per heavy atom. The second-order valence-electron chi connectivity index (χ2n) is 6.97. The van der Waals surface area contributed by atoms with Crippen molar-refractivity contribution in [2.24, 2.45) is 5.92 Å². The van der Waals surface area contributed by atoms with Crippen LogP contribution >= 0.6 is 11.6 Å². The van der Waals surface area contributed by atoms with Crippen molar-refractivity contribution in [3.63, 3.8) is 0 Å². The van der Waals surface area contributed by atoms with Gasteiger partial charge in [-0.2, -0.15) is 0 Å². The minimum Gasteiger partial charge on any atom is -0.452 e. The number of esters is 1. The van der Waals surface area contributed by atoms with Gasteiger partial charge in [0.2, 0.25) is 5.91 Å². The van der Waals surface area contributed by atoms with Crippen molar-refractivity contribution in [1.82, 2.24) is 0 Å². The van der Waals surface area contributed by atoms with E-state index in [0.717, 1.165) is 12.1 Å². The maximum atomic E-state index is 12.5. The molecule has 1 aliphatic heterocycles. The lowest BCUT2D eigenvalue weighted by Gasteiger charge is -2.18. The number of hydrogen-bond donors (Lipinski definition) is 1. The van der Waals surface area contributed by atoms with E-state index in [0.29, 0.717) is 10.7 Å². The Labute approximate surface area is 174 Å². The zero-order chi connectivity index (χ0) is 21.0. The van der Waals surface area contributed by atoms with Gasteiger partial charge in [-0.15, -0.1) is 0 Å². The molecule has 1 N–H and O–H groups in total. The number of aryl methyl sites for hydroxylation is 1. The molecule has 2 atom stereocenters. The van der Waals surface area contributed by atoms with Crippen molar-refractivity contribution in [3.8, 4) is 0 Å². The number of amides is 2. The molecule has 1 heterocycles. The fourth-order valence-corrected chi connectivity index (χ4v) is 3.33. The predicted molar refractivity (Wildman–Crippen MR) is 112 cm³/mol. The lowest BCUT2D eigenvalue weighted by atomic mass is 10.1. The van der Waals surface area contributed by atoms with Gasteiger partial charge in [0.25, 0.3) is 5.91 Å². The van der Waals surface area contributed by atoms with Gasteiger partial charge in [0.1, 0.15) is 0 Å². The molecule has 1 aliphatic rings. The molecule has 6 nitrogen and oxygen atoms in total. The van der Waals surface area contributed by atoms with Gasteiger partial charge in [0.15, 0.2) is 6.10 Å². The van der Waals surface area contributed by atoms with Gasteiger partial charge in [-0.05, 0) is 43.2 Å². The molecule has 0 bridgehead atoms. The third-order valence-electron chi connectivity index (χ3n) is 4.91. The number of nitrogens with one attached hydrogen (secondary N) is 1. The van der Waals surface area contributed by atoms with Crippen LogP contribution in [0, 0.1) is 5.92 Å². The third kappa shape index (κ3) is 4.95. The number of hydrogen-bond acceptors (Lipinski definition) is 4. The number of ether oxygens (including phenoxy) is 1. The van der Waals surface area contributed by atoms with Crippen molar-refractivity contribution >= 4 is 40.8 Å². The molecule has 1 fully saturated rings. The smallest absolute Gasteiger partial charge is 0.312 e. The van der Waals surface area contributed by atoms with E-state index in [4.69, 9.17) is 16.3 Å². The highest BCUT2D eigenvalue weighted by Crippen LogP contribution is 2.27. The van der Waals surface area contributed by atoms with Crippen molar-refractivity contribution in [2.45, 2.75) is 32.8 Å². The summed E-state index contributed by atoms with van der Waals surface area (Å²) < 4.78 is 5.30. The van der Waals surface area contributed by atoms with Crippen LogP contribution in [0.5, 0.6) is 0 Å². The first kappa shape index (κ1) is 20.9. The maximum Gasteiger partial charge on any atom is 0.312 e. The van der Waals surface area contributed by atoms with Gasteiger partial charge < -0.3 is 15.0 Å². The Bertz CT molecular complexity index is 913. The Balaban J connectivity index is 1.58. The van der Waals surface area contributed by atoms with E-state index in [-0.39, 0.29) is 18.9 Å². The molecular weight excluding hydrogens is 392 g/mol. The van der Waals surface area contributed by atoms with E-state index in [1.54, 1.807) is 29.2 Å². The highest BCUT2D eigenvalue weighted by molar-refractivity contribution is 6.33. The Morgan fingerprint density at radius 2 is 1.90 bits per heavy atom. The van der Waals surface area contributed by atoms with E-state index in [1.807, 2.05) is 24.3 Å². The monoisotopic (exact) mass is 414 g/mol. The molecule has 0 aliphatic carbocycles. The van der Waals surface area contributed by atoms with Crippen molar-refractivity contribution in [3.05, 3.63) is 59.1 Å². The number of halogens is 1. The first-order valence-electron chi connectivity index (χ1n) is 9.54. The molecule has 0 radical (unpaired) electrons. The second-order valence-corrected chi connectivity index (χ2v) is 7.38. The lowest BCUT2D eigenvalue weighted by molar-refractivity contribution is -0.157. The van der Waals surface area contributed by atoms with Crippen LogP contribution in [0.3, 0.4) is 0 Å². The summed E-state index contributed by atoms with van der Waals surface area (Å²) in [5, 5.41) is 3.03. The van der Waals surface area contributed by atoms with Crippen LogP contribution in [0.4, 0.5) is 11.4 Å². The maximum absolute atomic E-state index is 12.5. The fraction of sp³-hybridized carbons (Fsp3) is 0.318. The summed E-state index contributed by atoms with van der Waals surface area (Å²) in [5.41, 5.74) is 2.38. The van der Waals surface area contributed by atoms with Gasteiger partial charge in [-0.3, -0.25) is 14.4 Å². The average Bonchev–Trinajstić information content (AvgIpc) is 3.11. The van der Waals surface area contributed by atoms with Gasteiger partial charge in [-0.1, -0.05) is 42.8 Å². The number of carbonyl (C=O) groups is 3. The van der Waals surface area contributed by atoms with E-state index < -0.39 is 23.9 Å². The van der Waals surface area contributed by atoms with Gasteiger partial charge >= 0.3 is 5.97 Å². The molecule has 152 valence electrons. The lowest BCUT2D eigenvalue weighted by Crippen LogP contribution is -2.33. The van der Waals surface area contributed by atoms with Crippen LogP contribution in [0.25, 0.3) is 0 Å². The molecule has 2 amide bonds. The number of nitrogens with zero attached hydrogens (tertiary/aromatic N) is 1. The average molecular weight is 415 g/mol. The summed E-state index contributed by atoms with van der Waals surface area (Å²) in [6.45, 7) is 3.79. The SMILES string of the molecule is CCc1ccc(N2C[C@H](C(=O)O[C@@H](C)C(=O)Nc3ccccc3Cl)CC2=O)cc1. The second kappa shape index (κ2) is 9.09. The first-order valence-corrected chi connectivity index (χ1v) is 9.92. The quantitative estimate of drug-likeness (QED) is 0.729. The van der Waals surface area contributed by atoms with Crippen LogP contribution < -0.4 is 10.2 Å². The molecule has 0 spiro atoms. The van der Waals surface area contributed by atoms with Gasteiger partial charge in [0.05, 0.1) is 16.6 Å². The molecule has 29 heavy (non-hydrogen) atoms. The molecule has 1 saturated heterocycles. The van der Waals surface area contributed by atoms with Crippen molar-refractivity contribution in [2.75, 3.05) is 16.8 Å². The highest BCUT2D eigenvalue weighted by atomic mass is 35.5. The summed E-state index contributed by atoms with van der Waals surface area (Å²) in [6, 6.07) is 14.5. The molecule has 2 aromatic rings. The molecule has 0 saturated carbocycles. The fourth-order valence-electron chi connectivity index (χ4n) is 3.15. The first-order chi connectivity index (χ1) is 13.9. The summed E-state index contributed by atoms with van der Waals surface area (Å²) in [5.74, 6) is -1.79. The largest absolute Gasteiger partial charge is 0.452 e. The van der Waals surface area contributed by atoms with Crippen molar-refractivity contribution < 1.29 is 19.1 Å². The van der Waals surface area contributed by atoms with Crippen LogP contribution in [-0.4, -0.2) is 30.4 Å². The van der Waals surface area contributed by atoms with E-state index in [9.17, 15) is 14.4 Å². The molecule has 7 heteroatoms. The number of benzene rings is 2. The molecule has 2 aromatic carbocycles. The number of carbonyl (C=O) groups excluding carboxylic acids is 3. The number of rotatable bonds is 6. The van der Waals surface area contributed by atoms with Crippen LogP contribution in [-0.2, 0) is 25.5 Å². The number of anilines is 2. The standard InChI is InChI=1S/C22H23ClN2O4/c1-3-15-8-10-17(11-9-15)25-13-16(12-20(25)26)22(28)29-14(2)21(27)24-19-7-5-4-6-18(19)23/h4-11,14,16H,3,12-13H2,1-2H3,(H,24,27)/t14-,16+/m0/s1. The molecule has 0 aromatic heterocycles. The summed E-state index contributed by atoms with van der Waals surface area (Å²) in [6.07, 6.45) is -0.0309. The van der Waals surface area contributed by atoms with Crippen LogP contribution in [0.2, 0.25) is 5.02 Å². The van der Waals surface area contributed by atoms with E-state index in [2.05, 4.69) is 12.2 Å². The van der Waals surface area contributed by atoms with Crippen LogP contribution in [0.15, 0.2) is 48.5 Å². The minimum absolute atomic E-state index is 0.0627. The van der Waals surface area contributed by atoms with Crippen LogP contribution in [0.1, 0.15) is 25.8 Å².